The molecule has 0 aliphatic rings. The van der Waals surface area contributed by atoms with Crippen molar-refractivity contribution in [1.82, 2.24) is 5.48 Å². The summed E-state index contributed by atoms with van der Waals surface area (Å²) in [5, 5.41) is 0. The highest BCUT2D eigenvalue weighted by atomic mass is 16.6. The van der Waals surface area contributed by atoms with Crippen molar-refractivity contribution in [3.63, 3.8) is 0 Å². The maximum atomic E-state index is 11.4. The van der Waals surface area contributed by atoms with Gasteiger partial charge in [-0.15, -0.1) is 0 Å². The summed E-state index contributed by atoms with van der Waals surface area (Å²) >= 11 is 0. The first kappa shape index (κ1) is 14.7. The molecular weight excluding hydrogens is 230 g/mol. The molecule has 0 fully saturated rings. The molecule has 1 rings (SSSR count). The number of benzene rings is 1. The summed E-state index contributed by atoms with van der Waals surface area (Å²) in [6.45, 7) is 7.99. The number of ether oxygens (including phenoxy) is 1. The second-order valence-electron chi connectivity index (χ2n) is 5.19. The van der Waals surface area contributed by atoms with E-state index in [9.17, 15) is 4.79 Å². The molecule has 0 aromatic heterocycles. The molecule has 0 unspecified atom stereocenters. The molecule has 1 aromatic rings. The third-order valence-electron chi connectivity index (χ3n) is 2.06. The van der Waals surface area contributed by atoms with Crippen LogP contribution in [0.1, 0.15) is 31.9 Å². The van der Waals surface area contributed by atoms with Crippen LogP contribution in [0.25, 0.3) is 0 Å². The smallest absolute Gasteiger partial charge is 0.322 e. The Morgan fingerprint density at radius 2 is 2.06 bits per heavy atom. The van der Waals surface area contributed by atoms with Crippen LogP contribution < -0.4 is 5.48 Å². The lowest BCUT2D eigenvalue weighted by Gasteiger charge is -2.19. The summed E-state index contributed by atoms with van der Waals surface area (Å²) < 4.78 is 5.13. The Balaban J connectivity index is 2.21. The van der Waals surface area contributed by atoms with E-state index >= 15 is 0 Å². The highest BCUT2D eigenvalue weighted by Gasteiger charge is 2.15. The lowest BCUT2D eigenvalue weighted by molar-refractivity contribution is -0.156. The predicted molar refractivity (Wildman–Crippen MR) is 69.8 cm³/mol. The summed E-state index contributed by atoms with van der Waals surface area (Å²) in [6.07, 6.45) is 0. The van der Waals surface area contributed by atoms with Gasteiger partial charge in [0.05, 0.1) is 6.61 Å². The van der Waals surface area contributed by atoms with Gasteiger partial charge in [0.15, 0.2) is 0 Å². The summed E-state index contributed by atoms with van der Waals surface area (Å²) in [7, 11) is 0. The van der Waals surface area contributed by atoms with E-state index in [0.717, 1.165) is 5.56 Å². The lowest BCUT2D eigenvalue weighted by Crippen LogP contribution is -2.31. The Morgan fingerprint density at radius 3 is 2.67 bits per heavy atom. The topological polar surface area (TPSA) is 47.6 Å². The molecule has 0 saturated carbocycles. The number of carbonyl (C=O) groups excluding carboxylic acids is 1. The number of hydroxylamine groups is 1. The second kappa shape index (κ2) is 6.52. The van der Waals surface area contributed by atoms with Crippen LogP contribution in [0, 0.1) is 6.92 Å². The fourth-order valence-corrected chi connectivity index (χ4v) is 1.42. The van der Waals surface area contributed by atoms with Gasteiger partial charge in [-0.25, -0.2) is 0 Å². The maximum Gasteiger partial charge on any atom is 0.322 e. The Kier molecular flexibility index (Phi) is 5.31. The van der Waals surface area contributed by atoms with E-state index < -0.39 is 5.60 Å². The Bertz CT molecular complexity index is 396. The van der Waals surface area contributed by atoms with Gasteiger partial charge in [0.1, 0.15) is 12.1 Å². The molecule has 0 saturated heterocycles. The van der Waals surface area contributed by atoms with Gasteiger partial charge in [-0.1, -0.05) is 29.8 Å². The fraction of sp³-hybridized carbons (Fsp3) is 0.500. The van der Waals surface area contributed by atoms with Gasteiger partial charge in [-0.3, -0.25) is 9.63 Å². The number of carbonyl (C=O) groups is 1. The monoisotopic (exact) mass is 251 g/mol. The second-order valence-corrected chi connectivity index (χ2v) is 5.19. The van der Waals surface area contributed by atoms with Crippen LogP contribution in [0.2, 0.25) is 0 Å². The zero-order valence-corrected chi connectivity index (χ0v) is 11.4. The van der Waals surface area contributed by atoms with Crippen LogP contribution in [0.3, 0.4) is 0 Å². The van der Waals surface area contributed by atoms with E-state index in [1.807, 2.05) is 52.0 Å². The largest absolute Gasteiger partial charge is 0.459 e. The van der Waals surface area contributed by atoms with E-state index in [1.54, 1.807) is 0 Å². The summed E-state index contributed by atoms with van der Waals surface area (Å²) in [5.74, 6) is -0.327. The normalized spacial score (nSPS) is 11.3. The molecule has 0 bridgehead atoms. The van der Waals surface area contributed by atoms with E-state index in [2.05, 4.69) is 5.48 Å². The van der Waals surface area contributed by atoms with Gasteiger partial charge >= 0.3 is 5.97 Å². The average molecular weight is 251 g/mol. The molecule has 4 heteroatoms. The minimum absolute atomic E-state index is 0.0447. The molecule has 0 heterocycles. The molecule has 18 heavy (non-hydrogen) atoms. The third kappa shape index (κ3) is 6.37. The molecule has 0 spiro atoms. The SMILES string of the molecule is Cc1cccc(CONCC(=O)OC(C)(C)C)c1. The van der Waals surface area contributed by atoms with Crippen molar-refractivity contribution in [2.75, 3.05) is 6.54 Å². The molecular formula is C14H21NO3. The molecule has 0 radical (unpaired) electrons. The maximum absolute atomic E-state index is 11.4. The Morgan fingerprint density at radius 1 is 1.33 bits per heavy atom. The van der Waals surface area contributed by atoms with Crippen molar-refractivity contribution in [3.8, 4) is 0 Å². The highest BCUT2D eigenvalue weighted by molar-refractivity contribution is 5.71. The van der Waals surface area contributed by atoms with Crippen LogP contribution in [0.15, 0.2) is 24.3 Å². The van der Waals surface area contributed by atoms with Crippen LogP contribution in [-0.2, 0) is 21.0 Å². The number of hydrogen-bond acceptors (Lipinski definition) is 4. The van der Waals surface area contributed by atoms with Crippen LogP contribution in [-0.4, -0.2) is 18.1 Å². The van der Waals surface area contributed by atoms with E-state index in [4.69, 9.17) is 9.57 Å². The zero-order valence-electron chi connectivity index (χ0n) is 11.4. The summed E-state index contributed by atoms with van der Waals surface area (Å²) in [4.78, 5) is 16.6. The number of aryl methyl sites for hydroxylation is 1. The first-order valence-electron chi connectivity index (χ1n) is 5.99. The van der Waals surface area contributed by atoms with Crippen LogP contribution in [0.5, 0.6) is 0 Å². The predicted octanol–water partition coefficient (Wildman–Crippen LogP) is 2.36. The van der Waals surface area contributed by atoms with Crippen molar-refractivity contribution in [2.24, 2.45) is 0 Å². The fourth-order valence-electron chi connectivity index (χ4n) is 1.42. The first-order chi connectivity index (χ1) is 8.37. The number of rotatable bonds is 5. The van der Waals surface area contributed by atoms with Crippen molar-refractivity contribution in [1.29, 1.82) is 0 Å². The number of nitrogens with one attached hydrogen (secondary N) is 1. The van der Waals surface area contributed by atoms with Crippen LogP contribution in [0.4, 0.5) is 0 Å². The van der Waals surface area contributed by atoms with Crippen molar-refractivity contribution < 1.29 is 14.4 Å². The van der Waals surface area contributed by atoms with E-state index in [1.165, 1.54) is 5.56 Å². The minimum atomic E-state index is -0.463. The Labute approximate surface area is 108 Å². The van der Waals surface area contributed by atoms with Gasteiger partial charge in [0.25, 0.3) is 0 Å². The van der Waals surface area contributed by atoms with Gasteiger partial charge in [-0.05, 0) is 33.3 Å². The first-order valence-corrected chi connectivity index (χ1v) is 5.99. The third-order valence-corrected chi connectivity index (χ3v) is 2.06. The molecule has 1 N–H and O–H groups in total. The lowest BCUT2D eigenvalue weighted by atomic mass is 10.1. The van der Waals surface area contributed by atoms with Gasteiger partial charge < -0.3 is 4.74 Å². The van der Waals surface area contributed by atoms with Crippen molar-refractivity contribution >= 4 is 5.97 Å². The summed E-state index contributed by atoms with van der Waals surface area (Å²) in [6, 6.07) is 8.01. The van der Waals surface area contributed by atoms with Crippen molar-refractivity contribution in [3.05, 3.63) is 35.4 Å². The van der Waals surface area contributed by atoms with E-state index in [-0.39, 0.29) is 12.5 Å². The standard InChI is InChI=1S/C14H21NO3/c1-11-6-5-7-12(8-11)10-17-15-9-13(16)18-14(2,3)4/h5-8,15H,9-10H2,1-4H3. The van der Waals surface area contributed by atoms with Gasteiger partial charge in [0.2, 0.25) is 0 Å². The highest BCUT2D eigenvalue weighted by Crippen LogP contribution is 2.06. The quantitative estimate of drug-likeness (QED) is 0.496. The average Bonchev–Trinajstić information content (AvgIpc) is 2.22. The number of esters is 1. The Hall–Kier alpha value is -1.39. The molecule has 100 valence electrons. The molecule has 0 amide bonds. The minimum Gasteiger partial charge on any atom is -0.459 e. The molecule has 0 aliphatic heterocycles. The van der Waals surface area contributed by atoms with Gasteiger partial charge in [-0.2, -0.15) is 5.48 Å². The molecule has 1 aromatic carbocycles. The van der Waals surface area contributed by atoms with Gasteiger partial charge in [0, 0.05) is 0 Å². The number of hydrogen-bond donors (Lipinski definition) is 1. The molecule has 0 aliphatic carbocycles. The molecule has 4 nitrogen and oxygen atoms in total. The summed E-state index contributed by atoms with van der Waals surface area (Å²) in [5.41, 5.74) is 4.38. The van der Waals surface area contributed by atoms with Crippen molar-refractivity contribution in [2.45, 2.75) is 39.9 Å². The molecule has 0 atom stereocenters. The van der Waals surface area contributed by atoms with E-state index in [0.29, 0.717) is 6.61 Å². The zero-order chi connectivity index (χ0) is 13.6. The van der Waals surface area contributed by atoms with Crippen LogP contribution >= 0.6 is 0 Å².